The Bertz CT molecular complexity index is 595. The zero-order chi connectivity index (χ0) is 16.7. The van der Waals surface area contributed by atoms with Gasteiger partial charge in [-0.3, -0.25) is 4.79 Å². The summed E-state index contributed by atoms with van der Waals surface area (Å²) in [4.78, 5) is 12.3. The zero-order valence-electron chi connectivity index (χ0n) is 14.3. The van der Waals surface area contributed by atoms with Gasteiger partial charge < -0.3 is 10.1 Å². The SMILES string of the molecule is CC(NC(=O)COc1cccc(F)c1)C12CC3CC(CC(C3)C1)C2. The number of rotatable bonds is 5. The molecule has 1 N–H and O–H groups in total. The van der Waals surface area contributed by atoms with Gasteiger partial charge in [0.25, 0.3) is 5.91 Å². The molecule has 1 aromatic rings. The summed E-state index contributed by atoms with van der Waals surface area (Å²) in [7, 11) is 0. The quantitative estimate of drug-likeness (QED) is 0.888. The molecule has 4 fully saturated rings. The van der Waals surface area contributed by atoms with E-state index in [0.29, 0.717) is 11.2 Å². The molecule has 0 aliphatic heterocycles. The third kappa shape index (κ3) is 3.03. The first kappa shape index (κ1) is 15.9. The highest BCUT2D eigenvalue weighted by Gasteiger charge is 2.53. The van der Waals surface area contributed by atoms with E-state index in [2.05, 4.69) is 12.2 Å². The number of hydrogen-bond acceptors (Lipinski definition) is 2. The zero-order valence-corrected chi connectivity index (χ0v) is 14.3. The Kier molecular flexibility index (Phi) is 4.01. The summed E-state index contributed by atoms with van der Waals surface area (Å²) >= 11 is 0. The minimum Gasteiger partial charge on any atom is -0.484 e. The summed E-state index contributed by atoms with van der Waals surface area (Å²) < 4.78 is 18.6. The van der Waals surface area contributed by atoms with Gasteiger partial charge in [-0.2, -0.15) is 0 Å². The van der Waals surface area contributed by atoms with Gasteiger partial charge in [0.05, 0.1) is 0 Å². The molecule has 3 nitrogen and oxygen atoms in total. The number of carbonyl (C=O) groups excluding carboxylic acids is 1. The van der Waals surface area contributed by atoms with Crippen LogP contribution in [0.2, 0.25) is 0 Å². The van der Waals surface area contributed by atoms with E-state index in [0.717, 1.165) is 17.8 Å². The van der Waals surface area contributed by atoms with Crippen LogP contribution in [0.25, 0.3) is 0 Å². The van der Waals surface area contributed by atoms with E-state index >= 15 is 0 Å². The van der Waals surface area contributed by atoms with Crippen LogP contribution < -0.4 is 10.1 Å². The average Bonchev–Trinajstić information content (AvgIpc) is 2.52. The van der Waals surface area contributed by atoms with Gasteiger partial charge in [-0.15, -0.1) is 0 Å². The second-order valence-corrected chi connectivity index (χ2v) is 8.32. The standard InChI is InChI=1S/C20H26FNO2/c1-13(20-9-14-5-15(10-20)7-16(6-14)11-20)22-19(23)12-24-18-4-2-3-17(21)8-18/h2-4,8,13-16H,5-7,9-12H2,1H3,(H,22,23). The number of halogens is 1. The van der Waals surface area contributed by atoms with Crippen LogP contribution in [-0.2, 0) is 4.79 Å². The second-order valence-electron chi connectivity index (χ2n) is 8.32. The van der Waals surface area contributed by atoms with Crippen LogP contribution in [-0.4, -0.2) is 18.6 Å². The fraction of sp³-hybridized carbons (Fsp3) is 0.650. The molecule has 1 aromatic carbocycles. The third-order valence-electron chi connectivity index (χ3n) is 6.55. The first-order valence-electron chi connectivity index (χ1n) is 9.20. The first-order chi connectivity index (χ1) is 11.5. The van der Waals surface area contributed by atoms with Crippen molar-refractivity contribution >= 4 is 5.91 Å². The van der Waals surface area contributed by atoms with E-state index in [4.69, 9.17) is 4.74 Å². The lowest BCUT2D eigenvalue weighted by Crippen LogP contribution is -2.56. The van der Waals surface area contributed by atoms with E-state index in [1.54, 1.807) is 12.1 Å². The van der Waals surface area contributed by atoms with E-state index < -0.39 is 0 Å². The lowest BCUT2D eigenvalue weighted by Gasteiger charge is -2.59. The summed E-state index contributed by atoms with van der Waals surface area (Å²) in [5, 5.41) is 3.16. The van der Waals surface area contributed by atoms with Crippen molar-refractivity contribution in [1.82, 2.24) is 5.32 Å². The number of nitrogens with one attached hydrogen (secondary N) is 1. The average molecular weight is 331 g/mol. The van der Waals surface area contributed by atoms with Gasteiger partial charge in [0.1, 0.15) is 11.6 Å². The maximum atomic E-state index is 13.1. The molecule has 0 heterocycles. The third-order valence-corrected chi connectivity index (χ3v) is 6.55. The van der Waals surface area contributed by atoms with Gasteiger partial charge in [-0.25, -0.2) is 4.39 Å². The van der Waals surface area contributed by atoms with E-state index in [1.807, 2.05) is 0 Å². The molecule has 0 radical (unpaired) electrons. The summed E-state index contributed by atoms with van der Waals surface area (Å²) in [5.74, 6) is 2.56. The Morgan fingerprint density at radius 1 is 1.25 bits per heavy atom. The fourth-order valence-corrected chi connectivity index (χ4v) is 5.85. The molecule has 4 saturated carbocycles. The molecule has 4 aliphatic rings. The molecule has 24 heavy (non-hydrogen) atoms. The molecule has 130 valence electrons. The van der Waals surface area contributed by atoms with Crippen molar-refractivity contribution in [2.75, 3.05) is 6.61 Å². The topological polar surface area (TPSA) is 38.3 Å². The molecule has 0 aromatic heterocycles. The Morgan fingerprint density at radius 2 is 1.88 bits per heavy atom. The number of hydrogen-bond donors (Lipinski definition) is 1. The highest BCUT2D eigenvalue weighted by atomic mass is 19.1. The van der Waals surface area contributed by atoms with E-state index in [9.17, 15) is 9.18 Å². The largest absolute Gasteiger partial charge is 0.484 e. The van der Waals surface area contributed by atoms with Gasteiger partial charge in [-0.1, -0.05) is 6.07 Å². The van der Waals surface area contributed by atoms with Crippen molar-refractivity contribution in [3.8, 4) is 5.75 Å². The summed E-state index contributed by atoms with van der Waals surface area (Å²) in [5.41, 5.74) is 0.295. The van der Waals surface area contributed by atoms with Gasteiger partial charge >= 0.3 is 0 Å². The fourth-order valence-electron chi connectivity index (χ4n) is 5.85. The lowest BCUT2D eigenvalue weighted by molar-refractivity contribution is -0.127. The normalized spacial score (nSPS) is 34.8. The molecule has 4 heteroatoms. The number of carbonyl (C=O) groups is 1. The smallest absolute Gasteiger partial charge is 0.258 e. The van der Waals surface area contributed by atoms with Crippen LogP contribution in [0, 0.1) is 29.0 Å². The first-order valence-corrected chi connectivity index (χ1v) is 9.20. The molecule has 4 bridgehead atoms. The monoisotopic (exact) mass is 331 g/mol. The van der Waals surface area contributed by atoms with Crippen LogP contribution in [0.5, 0.6) is 5.75 Å². The maximum Gasteiger partial charge on any atom is 0.258 e. The summed E-state index contributed by atoms with van der Waals surface area (Å²) in [6, 6.07) is 6.10. The molecule has 1 unspecified atom stereocenters. The van der Waals surface area contributed by atoms with Gasteiger partial charge in [-0.05, 0) is 80.8 Å². The van der Waals surface area contributed by atoms with Crippen molar-refractivity contribution in [3.05, 3.63) is 30.1 Å². The lowest BCUT2D eigenvalue weighted by atomic mass is 9.48. The molecule has 0 spiro atoms. The van der Waals surface area contributed by atoms with Crippen LogP contribution in [0.3, 0.4) is 0 Å². The van der Waals surface area contributed by atoms with E-state index in [-0.39, 0.29) is 24.4 Å². The second kappa shape index (κ2) is 6.05. The predicted octanol–water partition coefficient (Wildman–Crippen LogP) is 3.93. The van der Waals surface area contributed by atoms with Gasteiger partial charge in [0.15, 0.2) is 6.61 Å². The highest BCUT2D eigenvalue weighted by Crippen LogP contribution is 2.61. The Balaban J connectivity index is 1.34. The van der Waals surface area contributed by atoms with Gasteiger partial charge in [0, 0.05) is 12.1 Å². The Hall–Kier alpha value is -1.58. The molecule has 5 rings (SSSR count). The van der Waals surface area contributed by atoms with Crippen molar-refractivity contribution < 1.29 is 13.9 Å². The minimum atomic E-state index is -0.352. The molecule has 1 atom stereocenters. The maximum absolute atomic E-state index is 13.1. The summed E-state index contributed by atoms with van der Waals surface area (Å²) in [6.45, 7) is 2.10. The molecule has 0 saturated heterocycles. The minimum absolute atomic E-state index is 0.0554. The van der Waals surface area contributed by atoms with Crippen LogP contribution >= 0.6 is 0 Å². The van der Waals surface area contributed by atoms with Crippen LogP contribution in [0.4, 0.5) is 4.39 Å². The van der Waals surface area contributed by atoms with E-state index in [1.165, 1.54) is 50.7 Å². The highest BCUT2D eigenvalue weighted by molar-refractivity contribution is 5.77. The van der Waals surface area contributed by atoms with Crippen LogP contribution in [0.15, 0.2) is 24.3 Å². The molecular weight excluding hydrogens is 305 g/mol. The predicted molar refractivity (Wildman–Crippen MR) is 90.1 cm³/mol. The molecular formula is C20H26FNO2. The van der Waals surface area contributed by atoms with Gasteiger partial charge in [0.2, 0.25) is 0 Å². The summed E-state index contributed by atoms with van der Waals surface area (Å²) in [6.07, 6.45) is 8.02. The van der Waals surface area contributed by atoms with Crippen molar-refractivity contribution in [1.29, 1.82) is 0 Å². The van der Waals surface area contributed by atoms with Crippen molar-refractivity contribution in [2.24, 2.45) is 23.2 Å². The van der Waals surface area contributed by atoms with Crippen molar-refractivity contribution in [2.45, 2.75) is 51.5 Å². The van der Waals surface area contributed by atoms with Crippen molar-refractivity contribution in [3.63, 3.8) is 0 Å². The molecule has 1 amide bonds. The molecule has 4 aliphatic carbocycles. The Labute approximate surface area is 143 Å². The number of benzene rings is 1. The Morgan fingerprint density at radius 3 is 2.46 bits per heavy atom. The number of ether oxygens (including phenoxy) is 1. The number of amides is 1. The van der Waals surface area contributed by atoms with Crippen LogP contribution in [0.1, 0.15) is 45.4 Å².